The molecule has 14 heavy (non-hydrogen) atoms. The van der Waals surface area contributed by atoms with Crippen molar-refractivity contribution in [3.8, 4) is 0 Å². The van der Waals surface area contributed by atoms with Crippen LogP contribution in [0.5, 0.6) is 0 Å². The summed E-state index contributed by atoms with van der Waals surface area (Å²) >= 11 is 4.74. The maximum absolute atomic E-state index is 12.6. The summed E-state index contributed by atoms with van der Waals surface area (Å²) in [5.74, 6) is -0.240. The van der Waals surface area contributed by atoms with E-state index < -0.39 is 0 Å². The fourth-order valence-electron chi connectivity index (χ4n) is 0.968. The maximum atomic E-state index is 12.6. The molecule has 0 saturated carbocycles. The summed E-state index contributed by atoms with van der Waals surface area (Å²) in [5.41, 5.74) is 0.827. The molecule has 0 amide bonds. The number of thiazole rings is 1. The molecule has 2 rings (SSSR count). The lowest BCUT2D eigenvalue weighted by atomic mass is 10.3. The van der Waals surface area contributed by atoms with Crippen LogP contribution >= 0.6 is 27.3 Å². The Labute approximate surface area is 92.9 Å². The minimum atomic E-state index is -0.240. The van der Waals surface area contributed by atoms with Gasteiger partial charge in [-0.2, -0.15) is 0 Å². The van der Waals surface area contributed by atoms with Crippen LogP contribution in [0.1, 0.15) is 0 Å². The minimum absolute atomic E-state index is 0.240. The third kappa shape index (κ3) is 2.30. The summed E-state index contributed by atoms with van der Waals surface area (Å²) in [6.07, 6.45) is 0. The van der Waals surface area contributed by atoms with Crippen LogP contribution in [0.2, 0.25) is 0 Å². The molecule has 2 aromatic rings. The fourth-order valence-corrected chi connectivity index (χ4v) is 2.13. The number of rotatable bonds is 2. The molecule has 1 N–H and O–H groups in total. The van der Waals surface area contributed by atoms with Crippen molar-refractivity contribution in [2.24, 2.45) is 0 Å². The van der Waals surface area contributed by atoms with E-state index in [0.29, 0.717) is 0 Å². The number of hydrogen-bond acceptors (Lipinski definition) is 3. The van der Waals surface area contributed by atoms with Gasteiger partial charge in [0.1, 0.15) is 10.4 Å². The van der Waals surface area contributed by atoms with Gasteiger partial charge in [-0.15, -0.1) is 11.3 Å². The Hall–Kier alpha value is -0.940. The Morgan fingerprint density at radius 3 is 2.57 bits per heavy atom. The highest BCUT2D eigenvalue weighted by Gasteiger charge is 1.99. The highest BCUT2D eigenvalue weighted by Crippen LogP contribution is 2.23. The summed E-state index contributed by atoms with van der Waals surface area (Å²) < 4.78 is 13.4. The van der Waals surface area contributed by atoms with Crippen LogP contribution in [0.3, 0.4) is 0 Å². The zero-order valence-electron chi connectivity index (χ0n) is 7.00. The van der Waals surface area contributed by atoms with Crippen molar-refractivity contribution >= 4 is 38.1 Å². The molecule has 0 spiro atoms. The molecular weight excluding hydrogens is 267 g/mol. The molecule has 0 unspecified atom stereocenters. The van der Waals surface area contributed by atoms with Crippen LogP contribution in [0, 0.1) is 5.82 Å². The molecule has 5 heteroatoms. The van der Waals surface area contributed by atoms with Gasteiger partial charge in [-0.1, -0.05) is 0 Å². The predicted molar refractivity (Wildman–Crippen MR) is 59.5 cm³/mol. The molecule has 0 aliphatic carbocycles. The Kier molecular flexibility index (Phi) is 2.79. The predicted octanol–water partition coefficient (Wildman–Crippen LogP) is 3.79. The number of hydrogen-bond donors (Lipinski definition) is 1. The lowest BCUT2D eigenvalue weighted by Gasteiger charge is -2.00. The van der Waals surface area contributed by atoms with Crippen molar-refractivity contribution in [2.75, 3.05) is 5.32 Å². The monoisotopic (exact) mass is 272 g/mol. The molecule has 0 radical (unpaired) electrons. The third-order valence-corrected chi connectivity index (χ3v) is 3.04. The van der Waals surface area contributed by atoms with Gasteiger partial charge in [-0.3, -0.25) is 0 Å². The molecule has 0 aliphatic rings. The Bertz CT molecular complexity index is 427. The van der Waals surface area contributed by atoms with Gasteiger partial charge >= 0.3 is 0 Å². The molecule has 2 nitrogen and oxygen atoms in total. The van der Waals surface area contributed by atoms with Gasteiger partial charge in [0, 0.05) is 11.1 Å². The molecular formula is C9H6BrFN2S. The van der Waals surface area contributed by atoms with E-state index in [-0.39, 0.29) is 5.82 Å². The minimum Gasteiger partial charge on any atom is -0.332 e. The number of nitrogens with one attached hydrogen (secondary N) is 1. The summed E-state index contributed by atoms with van der Waals surface area (Å²) in [6, 6.07) is 6.16. The Morgan fingerprint density at radius 1 is 1.29 bits per heavy atom. The first kappa shape index (κ1) is 9.61. The zero-order chi connectivity index (χ0) is 9.97. The maximum Gasteiger partial charge on any atom is 0.188 e. The van der Waals surface area contributed by atoms with E-state index in [1.165, 1.54) is 23.5 Å². The lowest BCUT2D eigenvalue weighted by Crippen LogP contribution is -1.88. The number of anilines is 2. The van der Waals surface area contributed by atoms with Gasteiger partial charge in [0.05, 0.1) is 0 Å². The zero-order valence-corrected chi connectivity index (χ0v) is 9.40. The first-order valence-corrected chi connectivity index (χ1v) is 5.55. The van der Waals surface area contributed by atoms with E-state index >= 15 is 0 Å². The van der Waals surface area contributed by atoms with Gasteiger partial charge in [0.25, 0.3) is 0 Å². The van der Waals surface area contributed by atoms with Crippen molar-refractivity contribution in [1.82, 2.24) is 4.98 Å². The topological polar surface area (TPSA) is 24.9 Å². The van der Waals surface area contributed by atoms with Crippen LogP contribution in [0.25, 0.3) is 0 Å². The van der Waals surface area contributed by atoms with Crippen molar-refractivity contribution in [3.63, 3.8) is 0 Å². The van der Waals surface area contributed by atoms with Crippen LogP contribution < -0.4 is 5.32 Å². The van der Waals surface area contributed by atoms with E-state index in [4.69, 9.17) is 0 Å². The molecule has 0 bridgehead atoms. The summed E-state index contributed by atoms with van der Waals surface area (Å²) in [5, 5.41) is 5.72. The molecule has 72 valence electrons. The standard InChI is InChI=1S/C9H6BrFN2S/c10-8-5-14-9(13-8)12-7-3-1-6(11)2-4-7/h1-5H,(H,12,13). The number of halogens is 2. The van der Waals surface area contributed by atoms with Crippen molar-refractivity contribution < 1.29 is 4.39 Å². The fraction of sp³-hybridized carbons (Fsp3) is 0. The van der Waals surface area contributed by atoms with Gasteiger partial charge < -0.3 is 5.32 Å². The summed E-state index contributed by atoms with van der Waals surface area (Å²) in [4.78, 5) is 4.16. The quantitative estimate of drug-likeness (QED) is 0.900. The van der Waals surface area contributed by atoms with Crippen LogP contribution in [-0.4, -0.2) is 4.98 Å². The molecule has 0 saturated heterocycles. The van der Waals surface area contributed by atoms with E-state index in [0.717, 1.165) is 15.4 Å². The average Bonchev–Trinajstić information content (AvgIpc) is 2.56. The van der Waals surface area contributed by atoms with Crippen LogP contribution in [0.15, 0.2) is 34.2 Å². The first-order valence-electron chi connectivity index (χ1n) is 3.88. The Balaban J connectivity index is 2.15. The first-order chi connectivity index (χ1) is 6.74. The Morgan fingerprint density at radius 2 is 2.00 bits per heavy atom. The lowest BCUT2D eigenvalue weighted by molar-refractivity contribution is 0.628. The third-order valence-electron chi connectivity index (χ3n) is 1.57. The van der Waals surface area contributed by atoms with E-state index in [1.54, 1.807) is 12.1 Å². The van der Waals surface area contributed by atoms with Crippen molar-refractivity contribution in [2.45, 2.75) is 0 Å². The van der Waals surface area contributed by atoms with Gasteiger partial charge in [-0.05, 0) is 40.2 Å². The number of nitrogens with zero attached hydrogens (tertiary/aromatic N) is 1. The van der Waals surface area contributed by atoms with Gasteiger partial charge in [0.2, 0.25) is 0 Å². The van der Waals surface area contributed by atoms with Crippen LogP contribution in [-0.2, 0) is 0 Å². The highest BCUT2D eigenvalue weighted by molar-refractivity contribution is 9.10. The van der Waals surface area contributed by atoms with Crippen molar-refractivity contribution in [3.05, 3.63) is 40.1 Å². The van der Waals surface area contributed by atoms with Gasteiger partial charge in [-0.25, -0.2) is 9.37 Å². The molecule has 0 aliphatic heterocycles. The number of benzene rings is 1. The largest absolute Gasteiger partial charge is 0.332 e. The second kappa shape index (κ2) is 4.06. The van der Waals surface area contributed by atoms with E-state index in [2.05, 4.69) is 26.2 Å². The molecule has 1 aromatic carbocycles. The molecule has 1 heterocycles. The highest BCUT2D eigenvalue weighted by atomic mass is 79.9. The summed E-state index contributed by atoms with van der Waals surface area (Å²) in [7, 11) is 0. The molecule has 0 atom stereocenters. The summed E-state index contributed by atoms with van der Waals surface area (Å²) in [6.45, 7) is 0. The normalized spacial score (nSPS) is 10.1. The second-order valence-corrected chi connectivity index (χ2v) is 4.28. The van der Waals surface area contributed by atoms with E-state index in [9.17, 15) is 4.39 Å². The molecule has 1 aromatic heterocycles. The smallest absolute Gasteiger partial charge is 0.188 e. The number of aromatic nitrogens is 1. The van der Waals surface area contributed by atoms with Gasteiger partial charge in [0.15, 0.2) is 5.13 Å². The second-order valence-electron chi connectivity index (χ2n) is 2.61. The average molecular weight is 273 g/mol. The van der Waals surface area contributed by atoms with Crippen LogP contribution in [0.4, 0.5) is 15.2 Å². The van der Waals surface area contributed by atoms with E-state index in [1.807, 2.05) is 5.38 Å². The van der Waals surface area contributed by atoms with Crippen molar-refractivity contribution in [1.29, 1.82) is 0 Å². The SMILES string of the molecule is Fc1ccc(Nc2nc(Br)cs2)cc1. The molecule has 0 fully saturated rings.